The highest BCUT2D eigenvalue weighted by Crippen LogP contribution is 2.66. The van der Waals surface area contributed by atoms with E-state index >= 15 is 0 Å². The van der Waals surface area contributed by atoms with E-state index in [9.17, 15) is 9.59 Å². The highest BCUT2D eigenvalue weighted by Gasteiger charge is 2.60. The molecule has 4 saturated carbocycles. The van der Waals surface area contributed by atoms with Gasteiger partial charge in [-0.3, -0.25) is 9.59 Å². The molecule has 2 unspecified atom stereocenters. The molecule has 4 aliphatic carbocycles. The lowest BCUT2D eigenvalue weighted by molar-refractivity contribution is -0.153. The quantitative estimate of drug-likeness (QED) is 0.273. The molecular formula is C36H50N2O5. The van der Waals surface area contributed by atoms with Crippen LogP contribution in [0.15, 0.2) is 48.5 Å². The summed E-state index contributed by atoms with van der Waals surface area (Å²) in [7, 11) is 5.57. The van der Waals surface area contributed by atoms with E-state index in [1.165, 1.54) is 24.8 Å². The molecule has 4 aliphatic rings. The summed E-state index contributed by atoms with van der Waals surface area (Å²) in [6, 6.07) is 16.1. The molecule has 0 spiro atoms. The smallest absolute Gasteiger partial charge is 0.306 e. The fourth-order valence-corrected chi connectivity index (χ4v) is 9.08. The summed E-state index contributed by atoms with van der Waals surface area (Å²) in [6.07, 6.45) is 8.50. The summed E-state index contributed by atoms with van der Waals surface area (Å²) in [5.41, 5.74) is 2.85. The van der Waals surface area contributed by atoms with E-state index in [1.807, 2.05) is 49.3 Å². The van der Waals surface area contributed by atoms with Crippen LogP contribution in [0.1, 0.15) is 76.3 Å². The van der Waals surface area contributed by atoms with Crippen LogP contribution in [0.4, 0.5) is 0 Å². The summed E-state index contributed by atoms with van der Waals surface area (Å²) in [5, 5.41) is 3.41. The van der Waals surface area contributed by atoms with Crippen molar-refractivity contribution >= 4 is 11.9 Å². The number of hydrogen-bond donors (Lipinski definition) is 1. The van der Waals surface area contributed by atoms with Crippen LogP contribution in [0, 0.1) is 16.7 Å². The number of amides is 1. The van der Waals surface area contributed by atoms with E-state index in [1.54, 1.807) is 7.11 Å². The maximum atomic E-state index is 13.1. The number of likely N-dealkylation sites (N-methyl/N-ethyl adjacent to an activating group) is 1. The molecule has 4 bridgehead atoms. The number of methoxy groups -OCH3 is 1. The third-order valence-corrected chi connectivity index (χ3v) is 9.67. The van der Waals surface area contributed by atoms with Gasteiger partial charge in [0.2, 0.25) is 5.91 Å². The van der Waals surface area contributed by atoms with Gasteiger partial charge in [-0.1, -0.05) is 44.2 Å². The highest BCUT2D eigenvalue weighted by atomic mass is 16.6. The molecule has 2 aromatic rings. The summed E-state index contributed by atoms with van der Waals surface area (Å²) in [4.78, 5) is 28.0. The van der Waals surface area contributed by atoms with Gasteiger partial charge in [-0.05, 0) is 112 Å². The third kappa shape index (κ3) is 8.11. The predicted octanol–water partition coefficient (Wildman–Crippen LogP) is 5.98. The Kier molecular flexibility index (Phi) is 9.40. The molecule has 3 atom stereocenters. The molecule has 0 heterocycles. The second-order valence-electron chi connectivity index (χ2n) is 14.6. The maximum absolute atomic E-state index is 13.1. The first-order valence-corrected chi connectivity index (χ1v) is 16.0. The minimum atomic E-state index is -0.444. The summed E-state index contributed by atoms with van der Waals surface area (Å²) < 4.78 is 17.4. The lowest BCUT2D eigenvalue weighted by Crippen LogP contribution is -2.65. The number of nitrogens with one attached hydrogen (secondary N) is 1. The summed E-state index contributed by atoms with van der Waals surface area (Å²) in [5.74, 6) is 1.96. The average molecular weight is 591 g/mol. The molecule has 0 saturated heterocycles. The normalized spacial score (nSPS) is 28.0. The molecule has 2 aromatic carbocycles. The Hall–Kier alpha value is -3.06. The molecule has 0 radical (unpaired) electrons. The monoisotopic (exact) mass is 590 g/mol. The van der Waals surface area contributed by atoms with Crippen LogP contribution in [0.2, 0.25) is 0 Å². The lowest BCUT2D eigenvalue weighted by atomic mass is 9.43. The number of aryl methyl sites for hydroxylation is 2. The fourth-order valence-electron chi connectivity index (χ4n) is 9.08. The number of carbonyl (C=O) groups is 2. The standard InChI is InChI=1S/C36H50N2O5/c1-34-18-27-19-35(2,23-34)25-36(20-27,24-34)37-32(39)15-16-33(40)43-30(21-38(3)4)22-42-31-12-7-6-10-28(31)14-13-26-9-8-11-29(17-26)41-5/h6-12,17,27,30H,13-16,18-25H2,1-5H3,(H,37,39)/t27?,30-,34?,35?,36?/m1/s1. The highest BCUT2D eigenvalue weighted by molar-refractivity contribution is 5.82. The average Bonchev–Trinajstić information content (AvgIpc) is 2.91. The van der Waals surface area contributed by atoms with Crippen LogP contribution < -0.4 is 14.8 Å². The zero-order valence-electron chi connectivity index (χ0n) is 26.7. The van der Waals surface area contributed by atoms with Gasteiger partial charge in [0.15, 0.2) is 0 Å². The van der Waals surface area contributed by atoms with Crippen molar-refractivity contribution in [2.24, 2.45) is 16.7 Å². The van der Waals surface area contributed by atoms with Crippen molar-refractivity contribution in [3.8, 4) is 11.5 Å². The number of rotatable bonds is 14. The van der Waals surface area contributed by atoms with Crippen molar-refractivity contribution < 1.29 is 23.8 Å². The molecule has 0 aliphatic heterocycles. The Labute approximate surface area is 257 Å². The van der Waals surface area contributed by atoms with Crippen molar-refractivity contribution in [1.82, 2.24) is 10.2 Å². The number of benzene rings is 2. The van der Waals surface area contributed by atoms with Gasteiger partial charge in [-0.2, -0.15) is 0 Å². The molecule has 7 heteroatoms. The van der Waals surface area contributed by atoms with E-state index in [4.69, 9.17) is 14.2 Å². The first kappa shape index (κ1) is 31.4. The largest absolute Gasteiger partial charge is 0.497 e. The third-order valence-electron chi connectivity index (χ3n) is 9.67. The van der Waals surface area contributed by atoms with Crippen LogP contribution in [0.5, 0.6) is 11.5 Å². The SMILES string of the molecule is COc1cccc(CCc2ccccc2OC[C@@H](CN(C)C)OC(=O)CCC(=O)NC23CC4CC(C)(CC(C)(C4)C2)C3)c1. The fraction of sp³-hybridized carbons (Fsp3) is 0.611. The van der Waals surface area contributed by atoms with Gasteiger partial charge in [-0.25, -0.2) is 0 Å². The van der Waals surface area contributed by atoms with Crippen LogP contribution in [0.3, 0.4) is 0 Å². The van der Waals surface area contributed by atoms with E-state index in [-0.39, 0.29) is 36.9 Å². The number of para-hydroxylation sites is 1. The molecule has 0 aromatic heterocycles. The van der Waals surface area contributed by atoms with Crippen molar-refractivity contribution in [2.75, 3.05) is 34.4 Å². The van der Waals surface area contributed by atoms with Crippen molar-refractivity contribution in [2.45, 2.75) is 89.7 Å². The predicted molar refractivity (Wildman–Crippen MR) is 168 cm³/mol. The minimum absolute atomic E-state index is 0.0310. The van der Waals surface area contributed by atoms with Gasteiger partial charge in [0.1, 0.15) is 24.2 Å². The van der Waals surface area contributed by atoms with Crippen molar-refractivity contribution in [1.29, 1.82) is 0 Å². The Balaban J connectivity index is 1.12. The van der Waals surface area contributed by atoms with E-state index in [2.05, 4.69) is 37.4 Å². The molecule has 1 N–H and O–H groups in total. The Bertz CT molecular complexity index is 1270. The second-order valence-corrected chi connectivity index (χ2v) is 14.6. The molecule has 234 valence electrons. The number of nitrogens with zero attached hydrogens (tertiary/aromatic N) is 1. The van der Waals surface area contributed by atoms with E-state index in [0.717, 1.165) is 49.2 Å². The molecule has 6 rings (SSSR count). The van der Waals surface area contributed by atoms with E-state index in [0.29, 0.717) is 23.3 Å². The van der Waals surface area contributed by atoms with Crippen LogP contribution in [-0.4, -0.2) is 62.8 Å². The number of hydrogen-bond acceptors (Lipinski definition) is 6. The van der Waals surface area contributed by atoms with Crippen LogP contribution in [0.25, 0.3) is 0 Å². The molecule has 4 fully saturated rings. The first-order chi connectivity index (χ1) is 20.5. The minimum Gasteiger partial charge on any atom is -0.497 e. The van der Waals surface area contributed by atoms with Gasteiger partial charge in [0.05, 0.1) is 13.5 Å². The molecule has 7 nitrogen and oxygen atoms in total. The van der Waals surface area contributed by atoms with Gasteiger partial charge in [0, 0.05) is 18.5 Å². The molecule has 1 amide bonds. The van der Waals surface area contributed by atoms with Crippen molar-refractivity contribution in [3.63, 3.8) is 0 Å². The van der Waals surface area contributed by atoms with E-state index < -0.39 is 6.10 Å². The summed E-state index contributed by atoms with van der Waals surface area (Å²) in [6.45, 7) is 5.58. The van der Waals surface area contributed by atoms with Crippen molar-refractivity contribution in [3.05, 3.63) is 59.7 Å². The topological polar surface area (TPSA) is 77.1 Å². The van der Waals surface area contributed by atoms with Gasteiger partial charge in [0.25, 0.3) is 0 Å². The molecule has 43 heavy (non-hydrogen) atoms. The maximum Gasteiger partial charge on any atom is 0.306 e. The first-order valence-electron chi connectivity index (χ1n) is 16.0. The molecular weight excluding hydrogens is 540 g/mol. The second kappa shape index (κ2) is 12.9. The number of carbonyl (C=O) groups excluding carboxylic acids is 2. The van der Waals surface area contributed by atoms with Crippen LogP contribution in [-0.2, 0) is 27.2 Å². The van der Waals surface area contributed by atoms with Gasteiger partial charge in [-0.15, -0.1) is 0 Å². The van der Waals surface area contributed by atoms with Gasteiger partial charge >= 0.3 is 5.97 Å². The zero-order chi connectivity index (χ0) is 30.7. The number of ether oxygens (including phenoxy) is 3. The Morgan fingerprint density at radius 1 is 0.953 bits per heavy atom. The zero-order valence-corrected chi connectivity index (χ0v) is 26.7. The lowest BCUT2D eigenvalue weighted by Gasteiger charge is -2.65. The van der Waals surface area contributed by atoms with Gasteiger partial charge < -0.3 is 24.4 Å². The van der Waals surface area contributed by atoms with Crippen LogP contribution >= 0.6 is 0 Å². The number of esters is 1. The Morgan fingerprint density at radius 2 is 1.70 bits per heavy atom. The summed E-state index contributed by atoms with van der Waals surface area (Å²) >= 11 is 0. The Morgan fingerprint density at radius 3 is 2.40 bits per heavy atom.